The van der Waals surface area contributed by atoms with Crippen molar-refractivity contribution in [1.29, 1.82) is 5.41 Å². The second-order valence-electron chi connectivity index (χ2n) is 7.68. The van der Waals surface area contributed by atoms with Gasteiger partial charge in [-0.1, -0.05) is 25.5 Å². The number of aliphatic imine (C=N–C) groups is 1. The number of nitrogens with zero attached hydrogens (tertiary/aromatic N) is 4. The van der Waals surface area contributed by atoms with E-state index in [4.69, 9.17) is 10.1 Å². The van der Waals surface area contributed by atoms with Crippen LogP contribution >= 0.6 is 11.8 Å². The first-order chi connectivity index (χ1) is 15.4. The van der Waals surface area contributed by atoms with Crippen molar-refractivity contribution in [3.05, 3.63) is 52.9 Å². The van der Waals surface area contributed by atoms with Gasteiger partial charge in [-0.15, -0.1) is 0 Å². The van der Waals surface area contributed by atoms with Crippen molar-refractivity contribution < 1.29 is 9.53 Å². The molecule has 0 saturated carbocycles. The first kappa shape index (κ1) is 22.1. The number of hydrazone groups is 1. The lowest BCUT2D eigenvalue weighted by Crippen LogP contribution is -2.35. The fourth-order valence-electron chi connectivity index (χ4n) is 3.84. The highest BCUT2D eigenvalue weighted by Crippen LogP contribution is 2.32. The molecule has 0 atom stereocenters. The molecule has 0 unspecified atom stereocenters. The molecular weight excluding hydrogens is 422 g/mol. The summed E-state index contributed by atoms with van der Waals surface area (Å²) in [5.41, 5.74) is 4.02. The van der Waals surface area contributed by atoms with E-state index in [0.717, 1.165) is 52.7 Å². The minimum absolute atomic E-state index is 0.0681. The number of nitrogens with one attached hydrogen (secondary N) is 1. The van der Waals surface area contributed by atoms with Crippen molar-refractivity contribution >= 4 is 39.8 Å². The summed E-state index contributed by atoms with van der Waals surface area (Å²) in [4.78, 5) is 17.0. The number of benzene rings is 1. The van der Waals surface area contributed by atoms with Crippen LogP contribution in [0.1, 0.15) is 50.1 Å². The SMILES string of the molecule is CCCCC1=NN2C(=N)/C(=C/c3cc(C)n(-c4ccccc4OCC)c3C)C(=O)N=C2S1. The monoisotopic (exact) mass is 449 g/mol. The van der Waals surface area contributed by atoms with E-state index < -0.39 is 5.91 Å². The van der Waals surface area contributed by atoms with Gasteiger partial charge in [-0.3, -0.25) is 10.2 Å². The molecule has 3 heterocycles. The molecule has 7 nitrogen and oxygen atoms in total. The molecule has 1 amide bonds. The minimum atomic E-state index is -0.403. The number of para-hydroxylation sites is 2. The number of hydrogen-bond acceptors (Lipinski definition) is 5. The molecule has 0 fully saturated rings. The average molecular weight is 450 g/mol. The molecule has 32 heavy (non-hydrogen) atoms. The number of unbranched alkanes of at least 4 members (excludes halogenated alkanes) is 1. The number of ether oxygens (including phenoxy) is 1. The first-order valence-corrected chi connectivity index (χ1v) is 11.7. The molecule has 1 aromatic heterocycles. The van der Waals surface area contributed by atoms with Crippen LogP contribution < -0.4 is 4.74 Å². The Balaban J connectivity index is 1.70. The van der Waals surface area contributed by atoms with Gasteiger partial charge in [0, 0.05) is 11.4 Å². The quantitative estimate of drug-likeness (QED) is 0.581. The number of thioether (sulfide) groups is 1. The van der Waals surface area contributed by atoms with E-state index in [9.17, 15) is 4.79 Å². The average Bonchev–Trinajstić information content (AvgIpc) is 3.30. The molecule has 1 aromatic carbocycles. The summed E-state index contributed by atoms with van der Waals surface area (Å²) in [7, 11) is 0. The Kier molecular flexibility index (Phi) is 6.32. The number of aryl methyl sites for hydroxylation is 1. The zero-order chi connectivity index (χ0) is 22.8. The van der Waals surface area contributed by atoms with Crippen LogP contribution in [0, 0.1) is 19.3 Å². The van der Waals surface area contributed by atoms with Gasteiger partial charge in [-0.05, 0) is 75.2 Å². The smallest absolute Gasteiger partial charge is 0.283 e. The highest BCUT2D eigenvalue weighted by molar-refractivity contribution is 8.26. The largest absolute Gasteiger partial charge is 0.492 e. The summed E-state index contributed by atoms with van der Waals surface area (Å²) in [6.45, 7) is 8.68. The number of amides is 1. The van der Waals surface area contributed by atoms with Crippen LogP contribution in [0.4, 0.5) is 0 Å². The van der Waals surface area contributed by atoms with Crippen LogP contribution in [0.25, 0.3) is 11.8 Å². The van der Waals surface area contributed by atoms with Gasteiger partial charge in [0.25, 0.3) is 5.91 Å². The van der Waals surface area contributed by atoms with Gasteiger partial charge < -0.3 is 9.30 Å². The van der Waals surface area contributed by atoms with Crippen LogP contribution in [0.3, 0.4) is 0 Å². The predicted octanol–water partition coefficient (Wildman–Crippen LogP) is 5.30. The third-order valence-electron chi connectivity index (χ3n) is 5.42. The maximum absolute atomic E-state index is 12.8. The van der Waals surface area contributed by atoms with Gasteiger partial charge >= 0.3 is 0 Å². The second-order valence-corrected chi connectivity index (χ2v) is 8.72. The molecular formula is C24H27N5O2S. The molecule has 8 heteroatoms. The van der Waals surface area contributed by atoms with Crippen molar-refractivity contribution in [3.63, 3.8) is 0 Å². The Morgan fingerprint density at radius 2 is 2.00 bits per heavy atom. The van der Waals surface area contributed by atoms with Gasteiger partial charge in [0.1, 0.15) is 10.8 Å². The number of aromatic nitrogens is 1. The van der Waals surface area contributed by atoms with Crippen LogP contribution in [-0.2, 0) is 4.79 Å². The molecule has 0 spiro atoms. The molecule has 0 saturated heterocycles. The Labute approximate surface area is 192 Å². The van der Waals surface area contributed by atoms with Crippen molar-refractivity contribution in [2.45, 2.75) is 47.0 Å². The summed E-state index contributed by atoms with van der Waals surface area (Å²) < 4.78 is 7.92. The third kappa shape index (κ3) is 4.02. The normalized spacial score (nSPS) is 17.0. The fraction of sp³-hybridized carbons (Fsp3) is 0.333. The van der Waals surface area contributed by atoms with Crippen molar-refractivity contribution in [1.82, 2.24) is 9.58 Å². The Morgan fingerprint density at radius 1 is 1.22 bits per heavy atom. The van der Waals surface area contributed by atoms with E-state index in [1.165, 1.54) is 16.8 Å². The van der Waals surface area contributed by atoms with E-state index in [2.05, 4.69) is 21.6 Å². The molecule has 2 aliphatic heterocycles. The van der Waals surface area contributed by atoms with Gasteiger partial charge in [0.15, 0.2) is 5.84 Å². The standard InChI is InChI=1S/C24H27N5O2S/c1-5-7-12-21-27-29-22(25)18(23(30)26-24(29)32-21)14-17-13-15(3)28(16(17)4)19-10-8-9-11-20(19)31-6-2/h8-11,13-14,25H,5-7,12H2,1-4H3/b18-14-,25-22?. The topological polar surface area (TPSA) is 83.0 Å². The number of fused-ring (bicyclic) bond motifs is 1. The molecule has 0 aliphatic carbocycles. The van der Waals surface area contributed by atoms with Crippen molar-refractivity contribution in [2.75, 3.05) is 6.61 Å². The summed E-state index contributed by atoms with van der Waals surface area (Å²) in [6, 6.07) is 9.91. The summed E-state index contributed by atoms with van der Waals surface area (Å²) >= 11 is 1.38. The van der Waals surface area contributed by atoms with Gasteiger partial charge in [0.05, 0.1) is 17.9 Å². The van der Waals surface area contributed by atoms with Crippen LogP contribution in [0.5, 0.6) is 5.75 Å². The highest BCUT2D eigenvalue weighted by atomic mass is 32.2. The third-order valence-corrected chi connectivity index (χ3v) is 6.38. The Hall–Kier alpha value is -3.13. The molecule has 2 aromatic rings. The van der Waals surface area contributed by atoms with Gasteiger partial charge in [0.2, 0.25) is 5.17 Å². The maximum atomic E-state index is 12.8. The van der Waals surface area contributed by atoms with Gasteiger partial charge in [-0.25, -0.2) is 0 Å². The lowest BCUT2D eigenvalue weighted by atomic mass is 10.1. The number of rotatable bonds is 7. The molecule has 2 aliphatic rings. The van der Waals surface area contributed by atoms with E-state index in [-0.39, 0.29) is 11.4 Å². The molecule has 166 valence electrons. The summed E-state index contributed by atoms with van der Waals surface area (Å²) in [5.74, 6) is 0.466. The number of carbonyl (C=O) groups is 1. The lowest BCUT2D eigenvalue weighted by Gasteiger charge is -2.20. The maximum Gasteiger partial charge on any atom is 0.283 e. The zero-order valence-electron chi connectivity index (χ0n) is 18.8. The molecule has 0 radical (unpaired) electrons. The fourth-order valence-corrected chi connectivity index (χ4v) is 4.77. The summed E-state index contributed by atoms with van der Waals surface area (Å²) in [5, 5.41) is 16.0. The predicted molar refractivity (Wildman–Crippen MR) is 131 cm³/mol. The van der Waals surface area contributed by atoms with Crippen LogP contribution in [0.2, 0.25) is 0 Å². The van der Waals surface area contributed by atoms with E-state index in [1.807, 2.05) is 51.1 Å². The minimum Gasteiger partial charge on any atom is -0.492 e. The second kappa shape index (κ2) is 9.16. The highest BCUT2D eigenvalue weighted by Gasteiger charge is 2.35. The van der Waals surface area contributed by atoms with Crippen molar-refractivity contribution in [3.8, 4) is 11.4 Å². The number of carbonyl (C=O) groups excluding carboxylic acids is 1. The number of amidine groups is 2. The zero-order valence-corrected chi connectivity index (χ0v) is 19.6. The molecule has 4 rings (SSSR count). The first-order valence-electron chi connectivity index (χ1n) is 10.8. The van der Waals surface area contributed by atoms with Crippen LogP contribution in [-0.4, -0.2) is 38.1 Å². The Bertz CT molecular complexity index is 1180. The van der Waals surface area contributed by atoms with Crippen LogP contribution in [0.15, 0.2) is 46.0 Å². The lowest BCUT2D eigenvalue weighted by molar-refractivity contribution is -0.114. The molecule has 0 bridgehead atoms. The Morgan fingerprint density at radius 3 is 2.75 bits per heavy atom. The number of hydrogen-bond donors (Lipinski definition) is 1. The van der Waals surface area contributed by atoms with Crippen molar-refractivity contribution in [2.24, 2.45) is 10.1 Å². The van der Waals surface area contributed by atoms with E-state index in [0.29, 0.717) is 11.8 Å². The van der Waals surface area contributed by atoms with E-state index in [1.54, 1.807) is 6.08 Å². The van der Waals surface area contributed by atoms with E-state index >= 15 is 0 Å². The molecule has 1 N–H and O–H groups in total. The summed E-state index contributed by atoms with van der Waals surface area (Å²) in [6.07, 6.45) is 4.66. The van der Waals surface area contributed by atoms with Gasteiger partial charge in [-0.2, -0.15) is 15.1 Å².